The molecule has 0 nitrogen and oxygen atoms in total. The molecule has 12 heavy (non-hydrogen) atoms. The van der Waals surface area contributed by atoms with Crippen LogP contribution in [0.15, 0.2) is 24.3 Å². The van der Waals surface area contributed by atoms with Crippen LogP contribution in [-0.4, -0.2) is 8.07 Å². The van der Waals surface area contributed by atoms with Gasteiger partial charge in [-0.3, -0.25) is 0 Å². The highest BCUT2D eigenvalue weighted by atomic mass is 35.5. The van der Waals surface area contributed by atoms with Crippen molar-refractivity contribution in [1.82, 2.24) is 0 Å². The molecule has 0 amide bonds. The minimum absolute atomic E-state index is 0. The van der Waals surface area contributed by atoms with E-state index in [1.165, 1.54) is 10.5 Å². The van der Waals surface area contributed by atoms with Crippen LogP contribution < -0.4 is 10.5 Å². The quantitative estimate of drug-likeness (QED) is 0.501. The van der Waals surface area contributed by atoms with E-state index in [-0.39, 0.29) is 12.4 Å². The Kier molecular flexibility index (Phi) is 4.47. The Morgan fingerprint density at radius 1 is 1.00 bits per heavy atom. The van der Waals surface area contributed by atoms with Gasteiger partial charge in [0.1, 0.15) is 0 Å². The third-order valence-corrected chi connectivity index (χ3v) is 4.23. The second-order valence-corrected chi connectivity index (χ2v) is 9.62. The van der Waals surface area contributed by atoms with Gasteiger partial charge in [-0.15, -0.1) is 21.6 Å². The van der Waals surface area contributed by atoms with Gasteiger partial charge in [-0.1, -0.05) is 49.1 Å². The highest BCUT2D eigenvalue weighted by Crippen LogP contribution is 2.01. The molecule has 1 rings (SSSR count). The fraction of sp³-hybridized carbons (Fsp3) is 0.333. The molecule has 0 saturated heterocycles. The largest absolute Gasteiger partial charge is 0.147 e. The normalized spacial score (nSPS) is 10.7. The molecule has 1 aromatic carbocycles. The second-order valence-electron chi connectivity index (χ2n) is 3.87. The SMILES string of the molecule is C[Si](C)(C)c1ccc(P)cc1.Cl. The summed E-state index contributed by atoms with van der Waals surface area (Å²) in [6.45, 7) is 7.10. The van der Waals surface area contributed by atoms with Crippen molar-refractivity contribution in [3.63, 3.8) is 0 Å². The molecule has 0 bridgehead atoms. The molecule has 0 aromatic heterocycles. The Morgan fingerprint density at radius 2 is 1.42 bits per heavy atom. The molecule has 0 N–H and O–H groups in total. The zero-order valence-corrected chi connectivity index (χ0v) is 10.8. The van der Waals surface area contributed by atoms with Gasteiger partial charge in [0.05, 0.1) is 8.07 Å². The van der Waals surface area contributed by atoms with Crippen LogP contribution in [0.4, 0.5) is 0 Å². The lowest BCUT2D eigenvalue weighted by molar-refractivity contribution is 1.71. The summed E-state index contributed by atoms with van der Waals surface area (Å²) in [4.78, 5) is 0. The summed E-state index contributed by atoms with van der Waals surface area (Å²) in [5, 5.41) is 2.80. The molecule has 0 saturated carbocycles. The topological polar surface area (TPSA) is 0 Å². The van der Waals surface area contributed by atoms with E-state index < -0.39 is 8.07 Å². The zero-order chi connectivity index (χ0) is 8.48. The van der Waals surface area contributed by atoms with Gasteiger partial charge in [0.2, 0.25) is 0 Å². The van der Waals surface area contributed by atoms with Crippen molar-refractivity contribution in [3.8, 4) is 0 Å². The number of hydrogen-bond donors (Lipinski definition) is 0. The van der Waals surface area contributed by atoms with Crippen molar-refractivity contribution < 1.29 is 0 Å². The molecular formula is C9H16ClPSi. The van der Waals surface area contributed by atoms with Crippen LogP contribution in [0.1, 0.15) is 0 Å². The number of benzene rings is 1. The predicted molar refractivity (Wildman–Crippen MR) is 66.0 cm³/mol. The number of hydrogen-bond acceptors (Lipinski definition) is 0. The lowest BCUT2D eigenvalue weighted by Gasteiger charge is -2.16. The van der Waals surface area contributed by atoms with Gasteiger partial charge in [-0.2, -0.15) is 0 Å². The van der Waals surface area contributed by atoms with Gasteiger partial charge in [0.25, 0.3) is 0 Å². The molecule has 3 heteroatoms. The van der Waals surface area contributed by atoms with Crippen LogP contribution in [0.25, 0.3) is 0 Å². The highest BCUT2D eigenvalue weighted by Gasteiger charge is 2.14. The van der Waals surface area contributed by atoms with E-state index in [1.54, 1.807) is 0 Å². The van der Waals surface area contributed by atoms with Crippen molar-refractivity contribution in [2.24, 2.45) is 0 Å². The molecule has 0 spiro atoms. The summed E-state index contributed by atoms with van der Waals surface area (Å²) in [6, 6.07) is 8.82. The average Bonchev–Trinajstić information content (AvgIpc) is 1.86. The molecule has 0 fully saturated rings. The van der Waals surface area contributed by atoms with Crippen molar-refractivity contribution in [2.45, 2.75) is 19.6 Å². The maximum absolute atomic E-state index is 2.71. The predicted octanol–water partition coefficient (Wildman–Crippen LogP) is 2.15. The first kappa shape index (κ1) is 12.2. The third kappa shape index (κ3) is 3.26. The molecule has 0 aliphatic rings. The average molecular weight is 219 g/mol. The van der Waals surface area contributed by atoms with E-state index in [1.807, 2.05) is 0 Å². The third-order valence-electron chi connectivity index (χ3n) is 1.78. The Morgan fingerprint density at radius 3 is 1.75 bits per heavy atom. The smallest absolute Gasteiger partial charge is 0.0775 e. The molecule has 68 valence electrons. The summed E-state index contributed by atoms with van der Waals surface area (Å²) < 4.78 is 0. The van der Waals surface area contributed by atoms with Crippen molar-refractivity contribution >= 4 is 40.2 Å². The highest BCUT2D eigenvalue weighted by molar-refractivity contribution is 7.27. The summed E-state index contributed by atoms with van der Waals surface area (Å²) in [5.41, 5.74) is 0. The fourth-order valence-electron chi connectivity index (χ4n) is 0.983. The van der Waals surface area contributed by atoms with Gasteiger partial charge in [0, 0.05) is 0 Å². The molecule has 0 aliphatic heterocycles. The van der Waals surface area contributed by atoms with Crippen LogP contribution in [0.5, 0.6) is 0 Å². The molecule has 1 atom stereocenters. The Balaban J connectivity index is 0.00000121. The van der Waals surface area contributed by atoms with Crippen molar-refractivity contribution in [3.05, 3.63) is 24.3 Å². The molecule has 1 unspecified atom stereocenters. The standard InChI is InChI=1S/C9H15PSi.ClH/c1-11(2,3)9-6-4-8(10)5-7-9;/h4-7H,10H2,1-3H3;1H. The van der Waals surface area contributed by atoms with E-state index >= 15 is 0 Å². The molecule has 0 aliphatic carbocycles. The van der Waals surface area contributed by atoms with Crippen LogP contribution in [0.3, 0.4) is 0 Å². The lowest BCUT2D eigenvalue weighted by atomic mass is 10.4. The van der Waals surface area contributed by atoms with E-state index in [4.69, 9.17) is 0 Å². The fourth-order valence-corrected chi connectivity index (χ4v) is 2.34. The molecular weight excluding hydrogens is 203 g/mol. The molecule has 0 radical (unpaired) electrons. The van der Waals surface area contributed by atoms with E-state index in [2.05, 4.69) is 53.1 Å². The van der Waals surface area contributed by atoms with Crippen LogP contribution >= 0.6 is 21.6 Å². The maximum Gasteiger partial charge on any atom is 0.0775 e. The van der Waals surface area contributed by atoms with E-state index in [9.17, 15) is 0 Å². The lowest BCUT2D eigenvalue weighted by Crippen LogP contribution is -2.37. The molecule has 1 aromatic rings. The van der Waals surface area contributed by atoms with E-state index in [0.29, 0.717) is 0 Å². The minimum atomic E-state index is -1.07. The van der Waals surface area contributed by atoms with Crippen molar-refractivity contribution in [1.29, 1.82) is 0 Å². The first-order chi connectivity index (χ1) is 5.00. The van der Waals surface area contributed by atoms with Gasteiger partial charge in [0.15, 0.2) is 0 Å². The van der Waals surface area contributed by atoms with Crippen LogP contribution in [0, 0.1) is 0 Å². The maximum atomic E-state index is 2.71. The first-order valence-corrected chi connectivity index (χ1v) is 7.94. The minimum Gasteiger partial charge on any atom is -0.147 e. The van der Waals surface area contributed by atoms with Gasteiger partial charge >= 0.3 is 0 Å². The second kappa shape index (κ2) is 4.41. The van der Waals surface area contributed by atoms with Crippen molar-refractivity contribution in [2.75, 3.05) is 0 Å². The number of rotatable bonds is 1. The van der Waals surface area contributed by atoms with E-state index in [0.717, 1.165) is 0 Å². The van der Waals surface area contributed by atoms with Crippen LogP contribution in [-0.2, 0) is 0 Å². The Bertz CT molecular complexity index is 238. The molecule has 0 heterocycles. The summed E-state index contributed by atoms with van der Waals surface area (Å²) >= 11 is 0. The Labute approximate surface area is 84.4 Å². The summed E-state index contributed by atoms with van der Waals surface area (Å²) in [5.74, 6) is 0. The summed E-state index contributed by atoms with van der Waals surface area (Å²) in [6.07, 6.45) is 0. The number of halogens is 1. The van der Waals surface area contributed by atoms with Gasteiger partial charge < -0.3 is 0 Å². The Hall–Kier alpha value is 0.157. The summed E-state index contributed by atoms with van der Waals surface area (Å²) in [7, 11) is 1.64. The monoisotopic (exact) mass is 218 g/mol. The van der Waals surface area contributed by atoms with Crippen LogP contribution in [0.2, 0.25) is 19.6 Å². The van der Waals surface area contributed by atoms with Gasteiger partial charge in [-0.05, 0) is 5.30 Å². The first-order valence-electron chi connectivity index (χ1n) is 3.86. The van der Waals surface area contributed by atoms with Gasteiger partial charge in [-0.25, -0.2) is 0 Å². The zero-order valence-electron chi connectivity index (χ0n) is 7.79.